The Hall–Kier alpha value is -3.89. The fourth-order valence-electron chi connectivity index (χ4n) is 4.61. The molecule has 3 aromatic carbocycles. The molecule has 0 radical (unpaired) electrons. The maximum absolute atomic E-state index is 13.9. The molecule has 0 aliphatic carbocycles. The summed E-state index contributed by atoms with van der Waals surface area (Å²) >= 11 is 0. The van der Waals surface area contributed by atoms with Crippen LogP contribution in [0.1, 0.15) is 11.1 Å². The van der Waals surface area contributed by atoms with Crippen molar-refractivity contribution in [1.82, 2.24) is 14.1 Å². The molecule has 10 heteroatoms. The molecule has 2 heterocycles. The quantitative estimate of drug-likeness (QED) is 0.370. The van der Waals surface area contributed by atoms with E-state index in [9.17, 15) is 22.0 Å². The van der Waals surface area contributed by atoms with Gasteiger partial charge in [-0.2, -0.15) is 14.1 Å². The third-order valence-electron chi connectivity index (χ3n) is 6.55. The second-order valence-corrected chi connectivity index (χ2v) is 11.2. The third-order valence-corrected chi connectivity index (χ3v) is 8.40. The number of hydrogen-bond donors (Lipinski definition) is 0. The number of aromatic nitrogens is 2. The molecule has 1 saturated heterocycles. The lowest BCUT2D eigenvalue weighted by molar-refractivity contribution is 0.384. The van der Waals surface area contributed by atoms with Crippen LogP contribution in [0.15, 0.2) is 83.8 Å². The number of benzene rings is 3. The van der Waals surface area contributed by atoms with Gasteiger partial charge in [-0.1, -0.05) is 60.2 Å². The van der Waals surface area contributed by atoms with Crippen LogP contribution in [0.25, 0.3) is 16.8 Å². The first kappa shape index (κ1) is 25.7. The van der Waals surface area contributed by atoms with E-state index >= 15 is 0 Å². The van der Waals surface area contributed by atoms with Crippen molar-refractivity contribution in [2.75, 3.05) is 31.1 Å². The van der Waals surface area contributed by atoms with Gasteiger partial charge in [0.2, 0.25) is 10.0 Å². The minimum Gasteiger partial charge on any atom is -0.367 e. The predicted molar refractivity (Wildman–Crippen MR) is 143 cm³/mol. The summed E-state index contributed by atoms with van der Waals surface area (Å²) < 4.78 is 56.3. The molecule has 0 unspecified atom stereocenters. The van der Waals surface area contributed by atoms with E-state index in [2.05, 4.69) is 5.10 Å². The zero-order valence-corrected chi connectivity index (χ0v) is 21.5. The van der Waals surface area contributed by atoms with Crippen LogP contribution in [0.3, 0.4) is 0 Å². The average molecular weight is 537 g/mol. The van der Waals surface area contributed by atoms with Crippen LogP contribution in [0, 0.1) is 18.6 Å². The number of sulfonamides is 1. The molecule has 1 fully saturated rings. The van der Waals surface area contributed by atoms with E-state index in [1.54, 1.807) is 12.1 Å². The molecule has 0 amide bonds. The van der Waals surface area contributed by atoms with Gasteiger partial charge in [-0.3, -0.25) is 4.79 Å². The van der Waals surface area contributed by atoms with E-state index in [1.165, 1.54) is 10.5 Å². The minimum atomic E-state index is -3.51. The van der Waals surface area contributed by atoms with Gasteiger partial charge in [0.1, 0.15) is 11.6 Å². The maximum Gasteiger partial charge on any atom is 0.281 e. The number of rotatable bonds is 6. The van der Waals surface area contributed by atoms with E-state index < -0.39 is 27.2 Å². The molecule has 0 atom stereocenters. The summed E-state index contributed by atoms with van der Waals surface area (Å²) in [6.45, 7) is 3.14. The average Bonchev–Trinajstić information content (AvgIpc) is 2.89. The van der Waals surface area contributed by atoms with Crippen LogP contribution < -0.4 is 10.5 Å². The molecule has 38 heavy (non-hydrogen) atoms. The van der Waals surface area contributed by atoms with Crippen LogP contribution in [-0.2, 0) is 15.8 Å². The van der Waals surface area contributed by atoms with Crippen molar-refractivity contribution < 1.29 is 17.2 Å². The highest BCUT2D eigenvalue weighted by atomic mass is 32.2. The Morgan fingerprint density at radius 3 is 2.13 bits per heavy atom. The highest BCUT2D eigenvalue weighted by molar-refractivity contribution is 7.88. The first-order chi connectivity index (χ1) is 18.2. The zero-order chi connectivity index (χ0) is 26.9. The maximum atomic E-state index is 13.9. The summed E-state index contributed by atoms with van der Waals surface area (Å²) in [5.74, 6) is -1.71. The van der Waals surface area contributed by atoms with Gasteiger partial charge in [0.05, 0.1) is 28.9 Å². The second-order valence-electron chi connectivity index (χ2n) is 9.24. The number of aryl methyl sites for hydroxylation is 1. The molecular formula is C28H26F2N4O3S. The summed E-state index contributed by atoms with van der Waals surface area (Å²) in [6.07, 6.45) is 1.49. The van der Waals surface area contributed by atoms with Gasteiger partial charge in [0.15, 0.2) is 0 Å². The Morgan fingerprint density at radius 1 is 0.868 bits per heavy atom. The van der Waals surface area contributed by atoms with Crippen LogP contribution in [-0.4, -0.2) is 48.7 Å². The van der Waals surface area contributed by atoms with Crippen molar-refractivity contribution >= 4 is 15.7 Å². The van der Waals surface area contributed by atoms with Gasteiger partial charge in [-0.15, -0.1) is 0 Å². The fourth-order valence-corrected chi connectivity index (χ4v) is 6.12. The highest BCUT2D eigenvalue weighted by Crippen LogP contribution is 2.29. The van der Waals surface area contributed by atoms with Crippen molar-refractivity contribution in [2.45, 2.75) is 12.7 Å². The molecule has 0 N–H and O–H groups in total. The monoisotopic (exact) mass is 536 g/mol. The normalized spacial score (nSPS) is 14.6. The Bertz CT molecular complexity index is 1600. The van der Waals surface area contributed by atoms with E-state index in [0.717, 1.165) is 34.0 Å². The zero-order valence-electron chi connectivity index (χ0n) is 20.7. The van der Waals surface area contributed by atoms with Gasteiger partial charge in [0.25, 0.3) is 5.56 Å². The Kier molecular flexibility index (Phi) is 7.09. The first-order valence-corrected chi connectivity index (χ1v) is 13.7. The summed E-state index contributed by atoms with van der Waals surface area (Å²) in [4.78, 5) is 15.6. The van der Waals surface area contributed by atoms with Crippen LogP contribution >= 0.6 is 0 Å². The second kappa shape index (κ2) is 10.5. The third kappa shape index (κ3) is 5.36. The number of halogens is 2. The molecule has 196 valence electrons. The van der Waals surface area contributed by atoms with Crippen molar-refractivity contribution in [3.05, 3.63) is 112 Å². The lowest BCUT2D eigenvalue weighted by Gasteiger charge is -2.36. The first-order valence-electron chi connectivity index (χ1n) is 12.1. The van der Waals surface area contributed by atoms with Gasteiger partial charge < -0.3 is 4.90 Å². The molecule has 1 aromatic heterocycles. The summed E-state index contributed by atoms with van der Waals surface area (Å²) in [7, 11) is -3.51. The molecule has 7 nitrogen and oxygen atoms in total. The standard InChI is InChI=1S/C28H26F2N4O3S/c1-20-7-9-22(10-8-20)27-26(18-31-34(28(27)35)25-16-23(29)15-24(30)17-25)32-11-13-33(14-12-32)38(36,37)19-21-5-3-2-4-6-21/h2-10,15-18H,11-14,19H2,1H3. The molecule has 0 saturated carbocycles. The SMILES string of the molecule is Cc1ccc(-c2c(N3CCN(S(=O)(=O)Cc4ccccc4)CC3)cnn(-c3cc(F)cc(F)c3)c2=O)cc1. The van der Waals surface area contributed by atoms with Crippen molar-refractivity contribution in [2.24, 2.45) is 0 Å². The van der Waals surface area contributed by atoms with E-state index in [0.29, 0.717) is 29.9 Å². The largest absolute Gasteiger partial charge is 0.367 e. The Balaban J connectivity index is 1.47. The minimum absolute atomic E-state index is 0.0239. The van der Waals surface area contributed by atoms with Gasteiger partial charge >= 0.3 is 0 Å². The number of piperazine rings is 1. The van der Waals surface area contributed by atoms with Crippen LogP contribution in [0.5, 0.6) is 0 Å². The van der Waals surface area contributed by atoms with Crippen molar-refractivity contribution in [3.8, 4) is 16.8 Å². The van der Waals surface area contributed by atoms with Gasteiger partial charge in [-0.25, -0.2) is 17.2 Å². The molecule has 1 aliphatic rings. The van der Waals surface area contributed by atoms with E-state index in [1.807, 2.05) is 54.3 Å². The van der Waals surface area contributed by atoms with Crippen molar-refractivity contribution in [1.29, 1.82) is 0 Å². The number of anilines is 1. The van der Waals surface area contributed by atoms with E-state index in [-0.39, 0.29) is 24.5 Å². The smallest absolute Gasteiger partial charge is 0.281 e. The van der Waals surface area contributed by atoms with Crippen LogP contribution in [0.4, 0.5) is 14.5 Å². The highest BCUT2D eigenvalue weighted by Gasteiger charge is 2.29. The van der Waals surface area contributed by atoms with Crippen LogP contribution in [0.2, 0.25) is 0 Å². The predicted octanol–water partition coefficient (Wildman–Crippen LogP) is 4.14. The lowest BCUT2D eigenvalue weighted by Crippen LogP contribution is -2.49. The summed E-state index contributed by atoms with van der Waals surface area (Å²) in [5.41, 5.74) is 2.66. The molecule has 5 rings (SSSR count). The lowest BCUT2D eigenvalue weighted by atomic mass is 10.0. The fraction of sp³-hybridized carbons (Fsp3) is 0.214. The number of nitrogens with zero attached hydrogens (tertiary/aromatic N) is 4. The summed E-state index contributed by atoms with van der Waals surface area (Å²) in [5, 5.41) is 4.23. The molecule has 1 aliphatic heterocycles. The van der Waals surface area contributed by atoms with E-state index in [4.69, 9.17) is 0 Å². The Labute approximate surface area is 219 Å². The molecule has 0 bridgehead atoms. The number of hydrogen-bond acceptors (Lipinski definition) is 5. The molecular weight excluding hydrogens is 510 g/mol. The van der Waals surface area contributed by atoms with Gasteiger partial charge in [0, 0.05) is 32.2 Å². The topological polar surface area (TPSA) is 75.5 Å². The molecule has 0 spiro atoms. The Morgan fingerprint density at radius 2 is 1.50 bits per heavy atom. The van der Waals surface area contributed by atoms with Crippen molar-refractivity contribution in [3.63, 3.8) is 0 Å². The summed E-state index contributed by atoms with van der Waals surface area (Å²) in [6, 6.07) is 19.2. The van der Waals surface area contributed by atoms with Gasteiger partial charge in [-0.05, 0) is 30.2 Å². The molecule has 4 aromatic rings.